The second-order valence-electron chi connectivity index (χ2n) is 12.6. The van der Waals surface area contributed by atoms with Gasteiger partial charge in [-0.15, -0.1) is 5.92 Å². The maximum absolute atomic E-state index is 14.4. The molecular formula is C32H37F4N5O4. The fourth-order valence-electron chi connectivity index (χ4n) is 7.08. The van der Waals surface area contributed by atoms with E-state index in [1.54, 1.807) is 6.92 Å². The molecule has 1 aromatic carbocycles. The van der Waals surface area contributed by atoms with E-state index in [0.29, 0.717) is 55.1 Å². The highest BCUT2D eigenvalue weighted by Gasteiger charge is 2.47. The molecular weight excluding hydrogens is 594 g/mol. The van der Waals surface area contributed by atoms with Crippen molar-refractivity contribution in [1.82, 2.24) is 14.9 Å². The van der Waals surface area contributed by atoms with E-state index < -0.39 is 23.4 Å². The van der Waals surface area contributed by atoms with E-state index in [1.807, 2.05) is 4.90 Å². The third kappa shape index (κ3) is 6.34. The molecule has 0 aliphatic carbocycles. The molecule has 0 unspecified atom stereocenters. The third-order valence-electron chi connectivity index (χ3n) is 9.00. The molecule has 5 heterocycles. The Morgan fingerprint density at radius 1 is 1.27 bits per heavy atom. The van der Waals surface area contributed by atoms with Gasteiger partial charge in [-0.25, -0.2) is 4.39 Å². The van der Waals surface area contributed by atoms with Gasteiger partial charge in [0.15, 0.2) is 0 Å². The van der Waals surface area contributed by atoms with Crippen molar-refractivity contribution >= 4 is 11.5 Å². The molecule has 6 rings (SSSR count). The van der Waals surface area contributed by atoms with E-state index in [2.05, 4.69) is 16.7 Å². The zero-order chi connectivity index (χ0) is 32.0. The average Bonchev–Trinajstić information content (AvgIpc) is 3.47. The Morgan fingerprint density at radius 3 is 2.84 bits per heavy atom. The molecule has 0 saturated carbocycles. The molecule has 0 amide bonds. The number of nitrogen functional groups attached to an aromatic ring is 1. The summed E-state index contributed by atoms with van der Waals surface area (Å²) in [7, 11) is 0. The molecule has 0 bridgehead atoms. The number of halogens is 4. The Hall–Kier alpha value is -3.44. The minimum atomic E-state index is -4.70. The number of nitrogens with two attached hydrogens (primary N) is 1. The lowest BCUT2D eigenvalue weighted by molar-refractivity contribution is -0.140. The van der Waals surface area contributed by atoms with Crippen molar-refractivity contribution in [3.63, 3.8) is 0 Å². The molecule has 13 heteroatoms. The van der Waals surface area contributed by atoms with E-state index in [4.69, 9.17) is 29.9 Å². The summed E-state index contributed by atoms with van der Waals surface area (Å²) in [6.07, 6.45) is -2.70. The number of hydrogen-bond donors (Lipinski definition) is 2. The summed E-state index contributed by atoms with van der Waals surface area (Å²) in [5.74, 6) is 5.55. The van der Waals surface area contributed by atoms with Crippen LogP contribution < -0.4 is 15.4 Å². The summed E-state index contributed by atoms with van der Waals surface area (Å²) >= 11 is 0. The fourth-order valence-corrected chi connectivity index (χ4v) is 7.08. The van der Waals surface area contributed by atoms with E-state index in [-0.39, 0.29) is 61.1 Å². The van der Waals surface area contributed by atoms with Crippen LogP contribution in [0.1, 0.15) is 67.2 Å². The quantitative estimate of drug-likeness (QED) is 0.284. The standard InChI is InChI=1S/C32H37F4N5O4/c1-3-5-21-10-22(37)11-23(27(21)32(34,35)36)26-12-25-24(16-44-26)28(40-8-9-43-18-30(2,42)17-40)39-29(38-25)45-19-31-6-4-7-41(31)15-20(13-31)14-33/h10-11,14,26,42H,4,6-9,12-13,15-19,37H2,1-2H3/b20-14-/t26-,30-,31-/m0/s1. The summed E-state index contributed by atoms with van der Waals surface area (Å²) in [5, 5.41) is 10.9. The summed E-state index contributed by atoms with van der Waals surface area (Å²) in [5.41, 5.74) is 5.22. The second-order valence-corrected chi connectivity index (χ2v) is 12.6. The molecule has 4 aliphatic heterocycles. The zero-order valence-corrected chi connectivity index (χ0v) is 25.3. The first-order chi connectivity index (χ1) is 21.4. The van der Waals surface area contributed by atoms with Crippen LogP contribution in [0, 0.1) is 11.8 Å². The maximum atomic E-state index is 14.4. The van der Waals surface area contributed by atoms with Crippen LogP contribution in [-0.2, 0) is 28.7 Å². The van der Waals surface area contributed by atoms with Crippen LogP contribution in [0.3, 0.4) is 0 Å². The smallest absolute Gasteiger partial charge is 0.417 e. The molecule has 1 aromatic heterocycles. The van der Waals surface area contributed by atoms with Crippen LogP contribution in [0.15, 0.2) is 24.0 Å². The summed E-state index contributed by atoms with van der Waals surface area (Å²) in [4.78, 5) is 13.6. The van der Waals surface area contributed by atoms with Crippen molar-refractivity contribution in [2.75, 3.05) is 56.6 Å². The molecule has 3 fully saturated rings. The molecule has 45 heavy (non-hydrogen) atoms. The molecule has 3 N–H and O–H groups in total. The molecule has 2 aromatic rings. The fraction of sp³-hybridized carbons (Fsp3) is 0.562. The lowest BCUT2D eigenvalue weighted by Gasteiger charge is -2.34. The van der Waals surface area contributed by atoms with Crippen LogP contribution in [-0.4, -0.2) is 77.1 Å². The van der Waals surface area contributed by atoms with Gasteiger partial charge in [0.1, 0.15) is 18.0 Å². The number of anilines is 2. The number of benzene rings is 1. The van der Waals surface area contributed by atoms with Crippen LogP contribution in [0.25, 0.3) is 0 Å². The van der Waals surface area contributed by atoms with Crippen molar-refractivity contribution in [3.8, 4) is 17.9 Å². The summed E-state index contributed by atoms with van der Waals surface area (Å²) in [6, 6.07) is 2.57. The van der Waals surface area contributed by atoms with Gasteiger partial charge in [0.2, 0.25) is 0 Å². The number of ether oxygens (including phenoxy) is 3. The highest BCUT2D eigenvalue weighted by atomic mass is 19.4. The van der Waals surface area contributed by atoms with E-state index in [1.165, 1.54) is 19.1 Å². The van der Waals surface area contributed by atoms with Gasteiger partial charge >= 0.3 is 12.2 Å². The minimum Gasteiger partial charge on any atom is -0.461 e. The molecule has 3 saturated heterocycles. The number of aromatic nitrogens is 2. The SMILES string of the molecule is CC#Cc1cc(N)cc([C@@H]2Cc3nc(OC[C@@]45CCCN4C/C(=C\F)C5)nc(N4CCOC[C@@](C)(O)C4)c3CO2)c1C(F)(F)F. The first-order valence-corrected chi connectivity index (χ1v) is 15.1. The molecule has 0 radical (unpaired) electrons. The topological polar surface area (TPSA) is 106 Å². The molecule has 242 valence electrons. The van der Waals surface area contributed by atoms with Gasteiger partial charge in [0.25, 0.3) is 0 Å². The number of nitrogens with zero attached hydrogens (tertiary/aromatic N) is 4. The number of aliphatic hydroxyl groups is 1. The van der Waals surface area contributed by atoms with Crippen molar-refractivity contribution in [2.45, 2.75) is 69.6 Å². The van der Waals surface area contributed by atoms with Crippen LogP contribution in [0.5, 0.6) is 6.01 Å². The maximum Gasteiger partial charge on any atom is 0.417 e. The molecule has 9 nitrogen and oxygen atoms in total. The van der Waals surface area contributed by atoms with Crippen molar-refractivity contribution in [2.24, 2.45) is 0 Å². The van der Waals surface area contributed by atoms with E-state index in [9.17, 15) is 22.7 Å². The van der Waals surface area contributed by atoms with Crippen LogP contribution in [0.2, 0.25) is 0 Å². The van der Waals surface area contributed by atoms with Crippen molar-refractivity contribution in [1.29, 1.82) is 0 Å². The molecule has 4 aliphatic rings. The molecule has 0 spiro atoms. The van der Waals surface area contributed by atoms with Gasteiger partial charge in [0, 0.05) is 36.3 Å². The lowest BCUT2D eigenvalue weighted by atomic mass is 9.91. The van der Waals surface area contributed by atoms with Gasteiger partial charge in [0.05, 0.1) is 55.6 Å². The summed E-state index contributed by atoms with van der Waals surface area (Å²) in [6.45, 7) is 5.77. The lowest BCUT2D eigenvalue weighted by Crippen LogP contribution is -2.44. The monoisotopic (exact) mass is 631 g/mol. The van der Waals surface area contributed by atoms with E-state index in [0.717, 1.165) is 19.4 Å². The van der Waals surface area contributed by atoms with E-state index >= 15 is 0 Å². The van der Waals surface area contributed by atoms with Gasteiger partial charge in [-0.2, -0.15) is 23.1 Å². The first kappa shape index (κ1) is 31.5. The highest BCUT2D eigenvalue weighted by molar-refractivity contribution is 5.58. The zero-order valence-electron chi connectivity index (χ0n) is 25.3. The number of rotatable bonds is 5. The Balaban J connectivity index is 1.38. The van der Waals surface area contributed by atoms with Crippen LogP contribution >= 0.6 is 0 Å². The first-order valence-electron chi connectivity index (χ1n) is 15.1. The predicted octanol–water partition coefficient (Wildman–Crippen LogP) is 4.32. The van der Waals surface area contributed by atoms with Crippen molar-refractivity contribution < 1.29 is 36.9 Å². The van der Waals surface area contributed by atoms with Crippen LogP contribution in [0.4, 0.5) is 29.1 Å². The minimum absolute atomic E-state index is 0.000518. The number of β-amino-alcohol motifs (C(OH)–C–C–N with tert-alkyl or cyclic N) is 1. The normalized spacial score (nSPS) is 27.9. The van der Waals surface area contributed by atoms with Crippen molar-refractivity contribution in [3.05, 3.63) is 52.0 Å². The molecule has 3 atom stereocenters. The Morgan fingerprint density at radius 2 is 2.09 bits per heavy atom. The Bertz CT molecular complexity index is 1550. The van der Waals surface area contributed by atoms with Gasteiger partial charge < -0.3 is 30.0 Å². The third-order valence-corrected chi connectivity index (χ3v) is 9.00. The van der Waals surface area contributed by atoms with Gasteiger partial charge in [-0.3, -0.25) is 4.90 Å². The van der Waals surface area contributed by atoms with Gasteiger partial charge in [-0.05, 0) is 62.9 Å². The Kier molecular flexibility index (Phi) is 8.45. The second kappa shape index (κ2) is 12.1. The highest BCUT2D eigenvalue weighted by Crippen LogP contribution is 2.44. The average molecular weight is 632 g/mol. The number of hydrogen-bond acceptors (Lipinski definition) is 9. The van der Waals surface area contributed by atoms with Gasteiger partial charge in [-0.1, -0.05) is 5.92 Å². The predicted molar refractivity (Wildman–Crippen MR) is 158 cm³/mol. The number of fused-ring (bicyclic) bond motifs is 2. The summed E-state index contributed by atoms with van der Waals surface area (Å²) < 4.78 is 74.7. The number of alkyl halides is 3. The largest absolute Gasteiger partial charge is 0.461 e. The Labute approximate surface area is 259 Å².